The molecule has 1 saturated heterocycles. The zero-order chi connectivity index (χ0) is 22.0. The lowest BCUT2D eigenvalue weighted by Gasteiger charge is -2.33. The Balaban J connectivity index is 1.74. The lowest BCUT2D eigenvalue weighted by Crippen LogP contribution is -2.45. The van der Waals surface area contributed by atoms with Crippen LogP contribution in [-0.4, -0.2) is 46.9 Å². The lowest BCUT2D eigenvalue weighted by molar-refractivity contribution is 0.0600. The molecule has 0 N–H and O–H groups in total. The van der Waals surface area contributed by atoms with Gasteiger partial charge in [-0.05, 0) is 43.5 Å². The molecule has 31 heavy (non-hydrogen) atoms. The van der Waals surface area contributed by atoms with Crippen molar-refractivity contribution in [2.75, 3.05) is 25.1 Å². The van der Waals surface area contributed by atoms with Crippen molar-refractivity contribution in [3.63, 3.8) is 0 Å². The monoisotopic (exact) mass is 424 g/mol. The zero-order valence-electron chi connectivity index (χ0n) is 17.7. The molecular formula is C23H25FN4O3. The Morgan fingerprint density at radius 3 is 2.65 bits per heavy atom. The molecule has 0 radical (unpaired) electrons. The van der Waals surface area contributed by atoms with Crippen LogP contribution in [0, 0.1) is 5.82 Å². The smallest absolute Gasteiger partial charge is 0.337 e. The third kappa shape index (κ3) is 4.10. The minimum Gasteiger partial charge on any atom is -0.465 e. The van der Waals surface area contributed by atoms with E-state index in [1.54, 1.807) is 15.8 Å². The van der Waals surface area contributed by atoms with E-state index in [9.17, 15) is 14.0 Å². The number of hydrogen-bond acceptors (Lipinski definition) is 4. The second kappa shape index (κ2) is 8.75. The van der Waals surface area contributed by atoms with Crippen LogP contribution < -0.4 is 4.90 Å². The number of fused-ring (bicyclic) bond motifs is 1. The second-order valence-corrected chi connectivity index (χ2v) is 7.69. The van der Waals surface area contributed by atoms with Gasteiger partial charge in [-0.25, -0.2) is 14.0 Å². The van der Waals surface area contributed by atoms with Gasteiger partial charge in [0.05, 0.1) is 36.6 Å². The standard InChI is InChI=1S/C23H25FN4O3/c1-26-20-7-6-8-21(18(20)14-25-26)28(23(30)27-11-4-3-5-12-27)15-17-10-9-16(13-19(17)24)22(29)31-2/h6-10,13-14H,3-5,11-12,15H2,1-2H3. The van der Waals surface area contributed by atoms with E-state index in [4.69, 9.17) is 0 Å². The molecule has 2 aromatic carbocycles. The molecule has 1 aliphatic rings. The SMILES string of the molecule is COC(=O)c1ccc(CN(C(=O)N2CCCCC2)c2cccc3c2cnn3C)c(F)c1. The maximum atomic E-state index is 14.9. The van der Waals surface area contributed by atoms with Gasteiger partial charge in [-0.1, -0.05) is 12.1 Å². The molecular weight excluding hydrogens is 399 g/mol. The van der Waals surface area contributed by atoms with E-state index in [0.29, 0.717) is 24.3 Å². The molecule has 8 heteroatoms. The van der Waals surface area contributed by atoms with Crippen LogP contribution in [0.3, 0.4) is 0 Å². The Labute approximate surface area is 180 Å². The van der Waals surface area contributed by atoms with Crippen molar-refractivity contribution < 1.29 is 18.7 Å². The fourth-order valence-corrected chi connectivity index (χ4v) is 4.00. The molecule has 162 valence electrons. The average Bonchev–Trinajstić information content (AvgIpc) is 3.19. The van der Waals surface area contributed by atoms with Crippen molar-refractivity contribution in [3.8, 4) is 0 Å². The first-order valence-electron chi connectivity index (χ1n) is 10.3. The topological polar surface area (TPSA) is 67.7 Å². The molecule has 0 spiro atoms. The van der Waals surface area contributed by atoms with Crippen LogP contribution in [0.2, 0.25) is 0 Å². The van der Waals surface area contributed by atoms with Crippen molar-refractivity contribution >= 4 is 28.6 Å². The highest BCUT2D eigenvalue weighted by atomic mass is 19.1. The highest BCUT2D eigenvalue weighted by Gasteiger charge is 2.27. The van der Waals surface area contributed by atoms with E-state index in [1.165, 1.54) is 19.2 Å². The molecule has 4 rings (SSSR count). The summed E-state index contributed by atoms with van der Waals surface area (Å²) in [6.07, 6.45) is 4.74. The number of likely N-dealkylation sites (tertiary alicyclic amines) is 1. The number of esters is 1. The number of nitrogens with zero attached hydrogens (tertiary/aromatic N) is 4. The molecule has 1 fully saturated rings. The number of halogens is 1. The van der Waals surface area contributed by atoms with E-state index in [2.05, 4.69) is 9.84 Å². The molecule has 3 aromatic rings. The van der Waals surface area contributed by atoms with Gasteiger partial charge < -0.3 is 9.64 Å². The van der Waals surface area contributed by atoms with E-state index in [1.807, 2.05) is 30.1 Å². The summed E-state index contributed by atoms with van der Waals surface area (Å²) in [5.74, 6) is -1.16. The highest BCUT2D eigenvalue weighted by Crippen LogP contribution is 2.30. The number of carbonyl (C=O) groups is 2. The molecule has 2 heterocycles. The number of rotatable bonds is 4. The Kier molecular flexibility index (Phi) is 5.88. The fraction of sp³-hybridized carbons (Fsp3) is 0.348. The summed E-state index contributed by atoms with van der Waals surface area (Å²) in [6, 6.07) is 9.68. The third-order valence-corrected chi connectivity index (χ3v) is 5.72. The minimum absolute atomic E-state index is 0.0383. The van der Waals surface area contributed by atoms with Crippen LogP contribution in [0.4, 0.5) is 14.9 Å². The first-order chi connectivity index (χ1) is 15.0. The molecule has 0 saturated carbocycles. The normalized spacial score (nSPS) is 14.0. The van der Waals surface area contributed by atoms with E-state index < -0.39 is 11.8 Å². The Hall–Kier alpha value is -3.42. The van der Waals surface area contributed by atoms with Crippen molar-refractivity contribution in [1.82, 2.24) is 14.7 Å². The summed E-state index contributed by atoms with van der Waals surface area (Å²) in [7, 11) is 3.09. The van der Waals surface area contributed by atoms with Gasteiger partial charge in [0.2, 0.25) is 0 Å². The van der Waals surface area contributed by atoms with Gasteiger partial charge in [-0.15, -0.1) is 0 Å². The van der Waals surface area contributed by atoms with Crippen LogP contribution in [0.15, 0.2) is 42.6 Å². The van der Waals surface area contributed by atoms with E-state index in [0.717, 1.165) is 36.2 Å². The van der Waals surface area contributed by atoms with Crippen molar-refractivity contribution in [2.45, 2.75) is 25.8 Å². The van der Waals surface area contributed by atoms with Crippen molar-refractivity contribution in [1.29, 1.82) is 0 Å². The maximum Gasteiger partial charge on any atom is 0.337 e. The van der Waals surface area contributed by atoms with Crippen LogP contribution in [-0.2, 0) is 18.3 Å². The number of anilines is 1. The predicted octanol–water partition coefficient (Wildman–Crippen LogP) is 4.11. The molecule has 1 aliphatic heterocycles. The van der Waals surface area contributed by atoms with Gasteiger partial charge in [-0.3, -0.25) is 9.58 Å². The molecule has 2 amide bonds. The molecule has 0 bridgehead atoms. The number of piperidine rings is 1. The van der Waals surface area contributed by atoms with Gasteiger partial charge in [0.25, 0.3) is 0 Å². The Morgan fingerprint density at radius 2 is 1.94 bits per heavy atom. The quantitative estimate of drug-likeness (QED) is 0.591. The van der Waals surface area contributed by atoms with Crippen molar-refractivity contribution in [2.24, 2.45) is 7.05 Å². The minimum atomic E-state index is -0.605. The van der Waals surface area contributed by atoms with Gasteiger partial charge in [-0.2, -0.15) is 5.10 Å². The number of amides is 2. The lowest BCUT2D eigenvalue weighted by atomic mass is 10.1. The summed E-state index contributed by atoms with van der Waals surface area (Å²) in [5.41, 5.74) is 2.01. The summed E-state index contributed by atoms with van der Waals surface area (Å²) >= 11 is 0. The number of benzene rings is 2. The van der Waals surface area contributed by atoms with E-state index in [-0.39, 0.29) is 18.1 Å². The maximum absolute atomic E-state index is 14.9. The summed E-state index contributed by atoms with van der Waals surface area (Å²) in [6.45, 7) is 1.40. The largest absolute Gasteiger partial charge is 0.465 e. The molecule has 1 aromatic heterocycles. The predicted molar refractivity (Wildman–Crippen MR) is 115 cm³/mol. The number of aromatic nitrogens is 2. The van der Waals surface area contributed by atoms with Gasteiger partial charge in [0.1, 0.15) is 5.82 Å². The van der Waals surface area contributed by atoms with Crippen molar-refractivity contribution in [3.05, 3.63) is 59.5 Å². The molecule has 0 unspecified atom stereocenters. The molecule has 0 aliphatic carbocycles. The summed E-state index contributed by atoms with van der Waals surface area (Å²) < 4.78 is 21.3. The Bertz CT molecular complexity index is 1120. The highest BCUT2D eigenvalue weighted by molar-refractivity contribution is 6.02. The molecule has 7 nitrogen and oxygen atoms in total. The van der Waals surface area contributed by atoms with Gasteiger partial charge >= 0.3 is 12.0 Å². The van der Waals surface area contributed by atoms with Crippen LogP contribution in [0.5, 0.6) is 0 Å². The summed E-state index contributed by atoms with van der Waals surface area (Å²) in [5, 5.41) is 5.14. The molecule has 0 atom stereocenters. The number of hydrogen-bond donors (Lipinski definition) is 0. The van der Waals surface area contributed by atoms with Gasteiger partial charge in [0.15, 0.2) is 0 Å². The number of aryl methyl sites for hydroxylation is 1. The average molecular weight is 424 g/mol. The first-order valence-corrected chi connectivity index (χ1v) is 10.3. The number of carbonyl (C=O) groups excluding carboxylic acids is 2. The Morgan fingerprint density at radius 1 is 1.16 bits per heavy atom. The fourth-order valence-electron chi connectivity index (χ4n) is 4.00. The number of urea groups is 1. The number of ether oxygens (including phenoxy) is 1. The van der Waals surface area contributed by atoms with E-state index >= 15 is 0 Å². The summed E-state index contributed by atoms with van der Waals surface area (Å²) in [4.78, 5) is 28.7. The first kappa shape index (κ1) is 20.8. The zero-order valence-corrected chi connectivity index (χ0v) is 17.7. The van der Waals surface area contributed by atoms with Crippen LogP contribution in [0.25, 0.3) is 10.9 Å². The third-order valence-electron chi connectivity index (χ3n) is 5.72. The second-order valence-electron chi connectivity index (χ2n) is 7.69. The van der Waals surface area contributed by atoms with Gasteiger partial charge in [0, 0.05) is 31.1 Å². The van der Waals surface area contributed by atoms with Crippen LogP contribution >= 0.6 is 0 Å². The number of methoxy groups -OCH3 is 1. The van der Waals surface area contributed by atoms with Crippen LogP contribution in [0.1, 0.15) is 35.2 Å².